The summed E-state index contributed by atoms with van der Waals surface area (Å²) in [5, 5.41) is 14.1. The van der Waals surface area contributed by atoms with E-state index >= 15 is 0 Å². The Labute approximate surface area is 206 Å². The van der Waals surface area contributed by atoms with Crippen molar-refractivity contribution in [3.05, 3.63) is 0 Å². The van der Waals surface area contributed by atoms with Crippen LogP contribution in [0.3, 0.4) is 0 Å². The molecule has 0 aromatic carbocycles. The van der Waals surface area contributed by atoms with Crippen LogP contribution in [0.4, 0.5) is 0 Å². The van der Waals surface area contributed by atoms with Gasteiger partial charge in [-0.15, -0.1) is 0 Å². The number of nitrogens with two attached hydrogens (primary N) is 2. The van der Waals surface area contributed by atoms with Gasteiger partial charge in [0.15, 0.2) is 0 Å². The third-order valence-corrected chi connectivity index (χ3v) is 4.44. The van der Waals surface area contributed by atoms with E-state index in [1.165, 1.54) is 77.0 Å². The van der Waals surface area contributed by atoms with Crippen LogP contribution in [0.5, 0.6) is 0 Å². The first kappa shape index (κ1) is 40.3. The van der Waals surface area contributed by atoms with Crippen molar-refractivity contribution < 1.29 is 46.2 Å². The Morgan fingerprint density at radius 2 is 0.867 bits per heavy atom. The maximum absolute atomic E-state index is 9.34. The molecule has 0 aromatic rings. The van der Waals surface area contributed by atoms with Gasteiger partial charge in [0.05, 0.1) is 0 Å². The normalized spacial score (nSPS) is 9.10. The average molecular weight is 576 g/mol. The summed E-state index contributed by atoms with van der Waals surface area (Å²) in [5.41, 5.74) is 8.80. The van der Waals surface area contributed by atoms with E-state index in [4.69, 9.17) is 14.8 Å². The van der Waals surface area contributed by atoms with Crippen LogP contribution in [-0.2, 0) is 33.4 Å². The van der Waals surface area contributed by atoms with Crippen molar-refractivity contribution in [2.24, 2.45) is 11.5 Å². The molecule has 0 spiro atoms. The predicted octanol–water partition coefficient (Wildman–Crippen LogP) is 5.58. The number of rotatable bonds is 11. The molecule has 0 amide bonds. The molecule has 0 rings (SSSR count). The molecule has 30 heavy (non-hydrogen) atoms. The van der Waals surface area contributed by atoms with Crippen LogP contribution in [0.25, 0.3) is 0 Å². The van der Waals surface area contributed by atoms with E-state index in [9.17, 15) is 8.42 Å². The monoisotopic (exact) mass is 577 g/mol. The third-order valence-electron chi connectivity index (χ3n) is 3.00. The van der Waals surface area contributed by atoms with Crippen LogP contribution in [-0.4, -0.2) is 33.5 Å². The van der Waals surface area contributed by atoms with Crippen molar-refractivity contribution in [3.8, 4) is 0 Å². The standard InChI is InChI=1S/2C8H18.2CH3NOS.Mo.H2O4S/c2*1-3-5-7-8-6-4-2;2*2-1(3)4;;1-5(2,3)4/h2*3-8H2,1-2H3;2*(H3,2,3,4);;(H2,1,2,3,4)/q;;;;+1;/p-1. The Balaban J connectivity index is -0.0000000896. The fraction of sp³-hybridized carbons (Fsp3) is 0.889. The molecule has 0 aromatic heterocycles. The zero-order valence-corrected chi connectivity index (χ0v) is 23.3. The second-order valence-electron chi connectivity index (χ2n) is 6.00. The molecule has 185 valence electrons. The van der Waals surface area contributed by atoms with Crippen LogP contribution in [0, 0.1) is 0 Å². The van der Waals surface area contributed by atoms with Crippen LogP contribution in [0.15, 0.2) is 0 Å². The van der Waals surface area contributed by atoms with Gasteiger partial charge in [-0.2, -0.15) is 0 Å². The second-order valence-corrected chi connectivity index (χ2v) is 8.83. The zero-order chi connectivity index (χ0) is 24.8. The number of hydrogen-bond donors (Lipinski definition) is 5. The second kappa shape index (κ2) is 36.3. The fourth-order valence-electron chi connectivity index (χ4n) is 1.71. The number of hydrogen-bond acceptors (Lipinski definition) is 5. The number of aliphatic hydroxyl groups excluding tert-OH is 2. The third kappa shape index (κ3) is 121. The van der Waals surface area contributed by atoms with Crippen molar-refractivity contribution in [1.29, 1.82) is 0 Å². The van der Waals surface area contributed by atoms with Gasteiger partial charge in [0.1, 0.15) is 0 Å². The van der Waals surface area contributed by atoms with Crippen molar-refractivity contribution in [1.82, 2.24) is 0 Å². The van der Waals surface area contributed by atoms with E-state index in [0.717, 1.165) is 20.2 Å². The summed E-state index contributed by atoms with van der Waals surface area (Å²) < 4.78 is 29.7. The van der Waals surface area contributed by atoms with Crippen molar-refractivity contribution >= 4 is 45.2 Å². The Bertz CT molecular complexity index is 398. The SMILES string of the molecule is CCCCCCCC.CCCCCCCC.NC(O)=S.NC(O)=S.O=S(=O)(O)[O][Mo]. The molecule has 12 heteroatoms. The van der Waals surface area contributed by atoms with Gasteiger partial charge >= 0.3 is 46.4 Å². The van der Waals surface area contributed by atoms with Crippen LogP contribution in [0.2, 0.25) is 0 Å². The summed E-state index contributed by atoms with van der Waals surface area (Å²) in [5.74, 6) is 0. The van der Waals surface area contributed by atoms with E-state index in [2.05, 4.69) is 66.4 Å². The van der Waals surface area contributed by atoms with Crippen molar-refractivity contribution in [3.63, 3.8) is 0 Å². The Morgan fingerprint density at radius 1 is 0.733 bits per heavy atom. The molecule has 7 N–H and O–H groups in total. The molecule has 0 atom stereocenters. The van der Waals surface area contributed by atoms with Gasteiger partial charge in [0, 0.05) is 0 Å². The number of thiocarbonyl (C=S) groups is 2. The summed E-state index contributed by atoms with van der Waals surface area (Å²) in [6.45, 7) is 9.02. The predicted molar refractivity (Wildman–Crippen MR) is 130 cm³/mol. The summed E-state index contributed by atoms with van der Waals surface area (Å²) in [6.07, 6.45) is 17.0. The van der Waals surface area contributed by atoms with Gasteiger partial charge in [-0.25, -0.2) is 0 Å². The number of unbranched alkanes of at least 4 members (excludes halogenated alkanes) is 10. The molecule has 0 unspecified atom stereocenters. The molecule has 8 nitrogen and oxygen atoms in total. The van der Waals surface area contributed by atoms with Crippen LogP contribution >= 0.6 is 24.4 Å². The van der Waals surface area contributed by atoms with E-state index < -0.39 is 20.7 Å². The molecule has 0 saturated heterocycles. The molecule has 0 aliphatic rings. The van der Waals surface area contributed by atoms with Gasteiger partial charge in [-0.1, -0.05) is 105 Å². The summed E-state index contributed by atoms with van der Waals surface area (Å²) in [6, 6.07) is 0. The average Bonchev–Trinajstić information content (AvgIpc) is 2.62. The van der Waals surface area contributed by atoms with E-state index in [1.807, 2.05) is 0 Å². The molecule has 0 heterocycles. The van der Waals surface area contributed by atoms with E-state index in [-0.39, 0.29) is 0 Å². The molecule has 0 radical (unpaired) electrons. The quantitative estimate of drug-likeness (QED) is 0.0912. The summed E-state index contributed by atoms with van der Waals surface area (Å²) in [7, 11) is -4.16. The first-order valence-electron chi connectivity index (χ1n) is 10.1. The summed E-state index contributed by atoms with van der Waals surface area (Å²) in [4.78, 5) is 0. The number of aliphatic hydroxyl groups is 2. The van der Waals surface area contributed by atoms with Crippen LogP contribution in [0.1, 0.15) is 105 Å². The van der Waals surface area contributed by atoms with Crippen molar-refractivity contribution in [2.45, 2.75) is 105 Å². The van der Waals surface area contributed by atoms with Gasteiger partial charge < -0.3 is 21.7 Å². The van der Waals surface area contributed by atoms with Gasteiger partial charge in [0.2, 0.25) is 0 Å². The molecule has 0 fully saturated rings. The van der Waals surface area contributed by atoms with Gasteiger partial charge in [0.25, 0.3) is 10.3 Å². The molecule has 0 aliphatic heterocycles. The molecule has 0 saturated carbocycles. The van der Waals surface area contributed by atoms with Crippen LogP contribution < -0.4 is 11.5 Å². The van der Waals surface area contributed by atoms with E-state index in [1.54, 1.807) is 0 Å². The molecular weight excluding hydrogens is 532 g/mol. The Morgan fingerprint density at radius 3 is 0.933 bits per heavy atom. The minimum absolute atomic E-state index is 0.500. The minimum atomic E-state index is -4.16. The zero-order valence-electron chi connectivity index (χ0n) is 18.8. The maximum atomic E-state index is 9.34. The molecule has 0 aliphatic carbocycles. The van der Waals surface area contributed by atoms with Crippen molar-refractivity contribution in [2.75, 3.05) is 0 Å². The van der Waals surface area contributed by atoms with E-state index in [0.29, 0.717) is 0 Å². The first-order chi connectivity index (χ1) is 13.9. The molecule has 0 bridgehead atoms. The molecular formula is C18H43MoN2O6S3. The van der Waals surface area contributed by atoms with Gasteiger partial charge in [-0.05, 0) is 24.4 Å². The fourth-order valence-corrected chi connectivity index (χ4v) is 1.71. The first-order valence-corrected chi connectivity index (χ1v) is 13.1. The Kier molecular flexibility index (Phi) is 48.8. The summed E-state index contributed by atoms with van der Waals surface area (Å²) >= 11 is 8.55. The Hall–Kier alpha value is -0.0617. The topological polar surface area (TPSA) is 156 Å². The van der Waals surface area contributed by atoms with Gasteiger partial charge in [-0.3, -0.25) is 0 Å².